The fourth-order valence-electron chi connectivity index (χ4n) is 4.24. The van der Waals surface area contributed by atoms with Crippen molar-refractivity contribution >= 4 is 28.7 Å². The SMILES string of the molecule is CCC(=O)N1CC[C@H](Nc2nc(OC)c3c(-c4ccc(N=N)c(NCC(F)F)c4)ccn3n2)[C@H](F)C1. The van der Waals surface area contributed by atoms with Crippen molar-refractivity contribution in [1.29, 1.82) is 5.53 Å². The number of rotatable bonds is 9. The smallest absolute Gasteiger partial charge is 0.255 e. The molecule has 1 saturated heterocycles. The highest BCUT2D eigenvalue weighted by Gasteiger charge is 2.31. The second-order valence-electron chi connectivity index (χ2n) is 8.33. The third kappa shape index (κ3) is 5.19. The van der Waals surface area contributed by atoms with Gasteiger partial charge in [0.15, 0.2) is 0 Å². The van der Waals surface area contributed by atoms with Crippen LogP contribution in [0.25, 0.3) is 16.6 Å². The lowest BCUT2D eigenvalue weighted by Crippen LogP contribution is -2.50. The maximum Gasteiger partial charge on any atom is 0.255 e. The Balaban J connectivity index is 1.61. The lowest BCUT2D eigenvalue weighted by molar-refractivity contribution is -0.133. The van der Waals surface area contributed by atoms with Crippen LogP contribution >= 0.6 is 0 Å². The van der Waals surface area contributed by atoms with E-state index >= 15 is 0 Å². The molecule has 4 rings (SSSR count). The zero-order valence-corrected chi connectivity index (χ0v) is 19.8. The van der Waals surface area contributed by atoms with Crippen molar-refractivity contribution in [1.82, 2.24) is 19.5 Å². The van der Waals surface area contributed by atoms with Gasteiger partial charge >= 0.3 is 0 Å². The minimum atomic E-state index is -2.56. The Morgan fingerprint density at radius 3 is 2.83 bits per heavy atom. The average molecular weight is 505 g/mol. The summed E-state index contributed by atoms with van der Waals surface area (Å²) in [6.45, 7) is 1.63. The number of nitrogens with one attached hydrogen (secondary N) is 3. The van der Waals surface area contributed by atoms with Gasteiger partial charge in [-0.2, -0.15) is 10.1 Å². The number of fused-ring (bicyclic) bond motifs is 1. The first-order chi connectivity index (χ1) is 17.3. The van der Waals surface area contributed by atoms with Gasteiger partial charge < -0.3 is 20.3 Å². The number of carbonyl (C=O) groups is 1. The molecular weight excluding hydrogens is 477 g/mol. The van der Waals surface area contributed by atoms with Crippen LogP contribution in [0.5, 0.6) is 5.88 Å². The van der Waals surface area contributed by atoms with E-state index in [0.29, 0.717) is 41.7 Å². The maximum absolute atomic E-state index is 14.8. The Morgan fingerprint density at radius 1 is 1.36 bits per heavy atom. The highest BCUT2D eigenvalue weighted by atomic mass is 19.3. The van der Waals surface area contributed by atoms with Crippen LogP contribution in [0.15, 0.2) is 35.6 Å². The number of piperidine rings is 1. The molecule has 1 aliphatic heterocycles. The van der Waals surface area contributed by atoms with Crippen LogP contribution in [-0.2, 0) is 4.79 Å². The molecule has 13 heteroatoms. The fraction of sp³-hybridized carbons (Fsp3) is 0.435. The third-order valence-corrected chi connectivity index (χ3v) is 6.06. The fourth-order valence-corrected chi connectivity index (χ4v) is 4.24. The summed E-state index contributed by atoms with van der Waals surface area (Å²) in [5, 5.41) is 13.5. The molecule has 192 valence electrons. The predicted octanol–water partition coefficient (Wildman–Crippen LogP) is 4.51. The van der Waals surface area contributed by atoms with Gasteiger partial charge in [-0.1, -0.05) is 13.0 Å². The lowest BCUT2D eigenvalue weighted by Gasteiger charge is -2.34. The van der Waals surface area contributed by atoms with Crippen molar-refractivity contribution in [2.75, 3.05) is 37.4 Å². The van der Waals surface area contributed by atoms with Gasteiger partial charge in [0.1, 0.15) is 17.4 Å². The van der Waals surface area contributed by atoms with Crippen molar-refractivity contribution in [2.24, 2.45) is 5.11 Å². The molecule has 10 nitrogen and oxygen atoms in total. The minimum absolute atomic E-state index is 0.0138. The zero-order chi connectivity index (χ0) is 25.8. The van der Waals surface area contributed by atoms with Crippen molar-refractivity contribution in [3.05, 3.63) is 30.5 Å². The topological polar surface area (TPSA) is 120 Å². The number of hydrogen-bond acceptors (Lipinski definition) is 8. The number of halogens is 3. The highest BCUT2D eigenvalue weighted by molar-refractivity contribution is 5.87. The third-order valence-electron chi connectivity index (χ3n) is 6.06. The minimum Gasteiger partial charge on any atom is -0.479 e. The number of benzene rings is 1. The first-order valence-electron chi connectivity index (χ1n) is 11.5. The summed E-state index contributed by atoms with van der Waals surface area (Å²) in [4.78, 5) is 17.8. The van der Waals surface area contributed by atoms with E-state index in [1.807, 2.05) is 0 Å². The van der Waals surface area contributed by atoms with Gasteiger partial charge in [0, 0.05) is 24.7 Å². The van der Waals surface area contributed by atoms with Gasteiger partial charge in [0.2, 0.25) is 17.7 Å². The average Bonchev–Trinajstić information content (AvgIpc) is 3.31. The maximum atomic E-state index is 14.8. The van der Waals surface area contributed by atoms with Crippen LogP contribution in [0.2, 0.25) is 0 Å². The number of ether oxygens (including phenoxy) is 1. The molecule has 1 amide bonds. The van der Waals surface area contributed by atoms with Crippen LogP contribution in [0, 0.1) is 5.53 Å². The number of nitrogens with zero attached hydrogens (tertiary/aromatic N) is 5. The van der Waals surface area contributed by atoms with Gasteiger partial charge in [0.05, 0.1) is 31.9 Å². The molecule has 3 heterocycles. The van der Waals surface area contributed by atoms with Crippen molar-refractivity contribution in [3.63, 3.8) is 0 Å². The summed E-state index contributed by atoms with van der Waals surface area (Å²) in [5.41, 5.74) is 9.67. The normalized spacial score (nSPS) is 17.9. The summed E-state index contributed by atoms with van der Waals surface area (Å²) in [5.74, 6) is 0.331. The van der Waals surface area contributed by atoms with E-state index in [9.17, 15) is 18.0 Å². The molecule has 0 saturated carbocycles. The van der Waals surface area contributed by atoms with Crippen LogP contribution in [0.1, 0.15) is 19.8 Å². The monoisotopic (exact) mass is 504 g/mol. The van der Waals surface area contributed by atoms with Crippen molar-refractivity contribution < 1.29 is 22.7 Å². The molecule has 2 aromatic heterocycles. The molecular formula is C23H27F3N8O2. The van der Waals surface area contributed by atoms with E-state index < -0.39 is 25.2 Å². The summed E-state index contributed by atoms with van der Waals surface area (Å²) in [6, 6.07) is 6.09. The Kier molecular flexibility index (Phi) is 7.55. The Hall–Kier alpha value is -3.90. The number of hydrogen-bond donors (Lipinski definition) is 3. The van der Waals surface area contributed by atoms with E-state index in [1.165, 1.54) is 12.0 Å². The van der Waals surface area contributed by atoms with Crippen LogP contribution in [-0.4, -0.2) is 70.8 Å². The van der Waals surface area contributed by atoms with Crippen molar-refractivity contribution in [3.8, 4) is 17.0 Å². The van der Waals surface area contributed by atoms with Crippen LogP contribution < -0.4 is 15.4 Å². The Bertz CT molecular complexity index is 1250. The molecule has 0 spiro atoms. The second-order valence-corrected chi connectivity index (χ2v) is 8.33. The number of methoxy groups -OCH3 is 1. The molecule has 0 unspecified atom stereocenters. The lowest BCUT2D eigenvalue weighted by atomic mass is 10.0. The van der Waals surface area contributed by atoms with E-state index in [4.69, 9.17) is 10.3 Å². The van der Waals surface area contributed by atoms with E-state index in [0.717, 1.165) is 0 Å². The van der Waals surface area contributed by atoms with Gasteiger partial charge in [-0.15, -0.1) is 5.10 Å². The molecule has 3 aromatic rings. The summed E-state index contributed by atoms with van der Waals surface area (Å²) in [7, 11) is 1.45. The molecule has 0 bridgehead atoms. The van der Waals surface area contributed by atoms with E-state index in [2.05, 4.69) is 25.8 Å². The number of likely N-dealkylation sites (tertiary alicyclic amines) is 1. The van der Waals surface area contributed by atoms with Gasteiger partial charge in [-0.25, -0.2) is 23.2 Å². The molecule has 1 aliphatic rings. The number of alkyl halides is 3. The number of carbonyl (C=O) groups excluding carboxylic acids is 1. The number of anilines is 2. The summed E-state index contributed by atoms with van der Waals surface area (Å²) in [6.07, 6.45) is -1.41. The second kappa shape index (κ2) is 10.8. The Morgan fingerprint density at radius 2 is 2.17 bits per heavy atom. The number of amides is 1. The highest BCUT2D eigenvalue weighted by Crippen LogP contribution is 2.36. The molecule has 0 radical (unpaired) electrons. The molecule has 2 atom stereocenters. The van der Waals surface area contributed by atoms with E-state index in [-0.39, 0.29) is 30.0 Å². The van der Waals surface area contributed by atoms with Gasteiger partial charge in [-0.05, 0) is 30.2 Å². The molecule has 1 fully saturated rings. The number of aromatic nitrogens is 3. The quantitative estimate of drug-likeness (QED) is 0.369. The van der Waals surface area contributed by atoms with Gasteiger partial charge in [0.25, 0.3) is 6.43 Å². The molecule has 0 aliphatic carbocycles. The molecule has 1 aromatic carbocycles. The first kappa shape index (κ1) is 25.2. The standard InChI is InChI=1S/C23H27F3N8O2/c1-3-20(35)33-8-7-16(15(24)12-33)29-23-30-22(36-2)21-14(6-9-34(21)32-23)13-4-5-17(31-27)18(10-13)28-11-19(25)26/h4-6,9-10,15-16,19,27-28H,3,7-8,11-12H2,1-2H3,(H,29,32)/t15-,16+/m1/s1. The predicted molar refractivity (Wildman–Crippen MR) is 128 cm³/mol. The molecule has 36 heavy (non-hydrogen) atoms. The Labute approximate surface area is 205 Å². The largest absolute Gasteiger partial charge is 0.479 e. The summed E-state index contributed by atoms with van der Waals surface area (Å²) < 4.78 is 47.3. The van der Waals surface area contributed by atoms with Crippen LogP contribution in [0.3, 0.4) is 0 Å². The molecule has 3 N–H and O–H groups in total. The van der Waals surface area contributed by atoms with Crippen LogP contribution in [0.4, 0.5) is 30.5 Å². The zero-order valence-electron chi connectivity index (χ0n) is 19.8. The first-order valence-corrected chi connectivity index (χ1v) is 11.5. The van der Waals surface area contributed by atoms with Crippen molar-refractivity contribution in [2.45, 2.75) is 38.4 Å². The van der Waals surface area contributed by atoms with E-state index in [1.54, 1.807) is 41.9 Å². The van der Waals surface area contributed by atoms with Gasteiger partial charge in [-0.3, -0.25) is 4.79 Å². The summed E-state index contributed by atoms with van der Waals surface area (Å²) >= 11 is 0.